The SMILES string of the molecule is CO[C@H]1C[C@H]2OC[C@@]2(C)[C@H]2[C@H](C)[C@]3(O)C[C@H](OC(=O)[C@H](OC)[C@@H](Nc4ccccc4)c4ccccc4)C(C)=C([C@@H](C)C(=O)[C@]12C)C3(C)C. The number of hydrogen-bond donors (Lipinski definition) is 2. The van der Waals surface area contributed by atoms with Gasteiger partial charge in [-0.25, -0.2) is 4.79 Å². The molecule has 3 fully saturated rings. The van der Waals surface area contributed by atoms with Gasteiger partial charge in [0.25, 0.3) is 0 Å². The number of fused-ring (bicyclic) bond motifs is 5. The number of rotatable bonds is 8. The molecule has 2 aromatic carbocycles. The fraction of sp³-hybridized carbons (Fsp3) is 0.600. The van der Waals surface area contributed by atoms with E-state index < -0.39 is 46.6 Å². The van der Waals surface area contributed by atoms with E-state index >= 15 is 0 Å². The molecule has 3 aliphatic carbocycles. The minimum absolute atomic E-state index is 0.0549. The number of methoxy groups -OCH3 is 2. The molecule has 0 radical (unpaired) electrons. The number of para-hydroxylation sites is 1. The summed E-state index contributed by atoms with van der Waals surface area (Å²) >= 11 is 0. The van der Waals surface area contributed by atoms with E-state index in [1.165, 1.54) is 7.11 Å². The number of nitrogens with one attached hydrogen (secondary N) is 1. The van der Waals surface area contributed by atoms with Gasteiger partial charge in [-0.3, -0.25) is 4.79 Å². The third-order valence-electron chi connectivity index (χ3n) is 13.1. The Morgan fingerprint density at radius 1 is 1.00 bits per heavy atom. The highest BCUT2D eigenvalue weighted by atomic mass is 16.6. The highest BCUT2D eigenvalue weighted by Crippen LogP contribution is 2.68. The van der Waals surface area contributed by atoms with Crippen LogP contribution in [0.15, 0.2) is 71.8 Å². The summed E-state index contributed by atoms with van der Waals surface area (Å²) in [5.74, 6) is -1.52. The molecule has 0 aromatic heterocycles. The van der Waals surface area contributed by atoms with Gasteiger partial charge in [0.2, 0.25) is 0 Å². The second-order valence-corrected chi connectivity index (χ2v) is 15.7. The summed E-state index contributed by atoms with van der Waals surface area (Å²) in [4.78, 5) is 29.2. The van der Waals surface area contributed by atoms with Crippen LogP contribution < -0.4 is 5.32 Å². The maximum Gasteiger partial charge on any atom is 0.338 e. The Bertz CT molecular complexity index is 1560. The van der Waals surface area contributed by atoms with E-state index in [9.17, 15) is 14.7 Å². The van der Waals surface area contributed by atoms with Gasteiger partial charge in [-0.15, -0.1) is 0 Å². The Hall–Kier alpha value is -3.04. The molecule has 1 aliphatic heterocycles. The number of ether oxygens (including phenoxy) is 4. The quantitative estimate of drug-likeness (QED) is 0.243. The van der Waals surface area contributed by atoms with Crippen LogP contribution in [0.4, 0.5) is 5.69 Å². The molecule has 1 heterocycles. The zero-order valence-electron chi connectivity index (χ0n) is 29.9. The topological polar surface area (TPSA) is 103 Å². The number of benzene rings is 2. The van der Waals surface area contributed by atoms with Gasteiger partial charge in [-0.05, 0) is 54.5 Å². The van der Waals surface area contributed by atoms with Crippen molar-refractivity contribution >= 4 is 17.4 Å². The zero-order chi connectivity index (χ0) is 34.8. The fourth-order valence-corrected chi connectivity index (χ4v) is 10.7. The van der Waals surface area contributed by atoms with Crippen molar-refractivity contribution in [1.82, 2.24) is 0 Å². The van der Waals surface area contributed by atoms with Crippen molar-refractivity contribution in [3.63, 3.8) is 0 Å². The summed E-state index contributed by atoms with van der Waals surface area (Å²) in [6.07, 6.45) is -1.29. The number of Topliss-reactive ketones (excluding diaryl/α,β-unsaturated/α-hetero) is 1. The van der Waals surface area contributed by atoms with Crippen LogP contribution >= 0.6 is 0 Å². The van der Waals surface area contributed by atoms with Crippen molar-refractivity contribution in [2.75, 3.05) is 26.1 Å². The monoisotopic (exact) mass is 659 g/mol. The number of anilines is 1. The van der Waals surface area contributed by atoms with Crippen LogP contribution in [0.5, 0.6) is 0 Å². The number of carbonyl (C=O) groups is 2. The first-order valence-electron chi connectivity index (χ1n) is 17.4. The standard InChI is InChI=1S/C40H53NO7/c1-23-28(48-36(43)33(46-9)32(26-16-12-10-13-17-26)41-27-18-14-11-15-19-27)21-40(44)25(3)34-38(6)22-47-29(38)20-30(45-8)39(34,7)35(42)24(2)31(23)37(40,4)5/h10-19,24-25,28-30,32-34,41,44H,20-22H2,1-9H3/t24-,25+,28+,29-,30+,32+,33-,34-,38-,39-,40-/m1/s1. The summed E-state index contributed by atoms with van der Waals surface area (Å²) in [6.45, 7) is 14.9. The molecule has 0 amide bonds. The van der Waals surface area contributed by atoms with Crippen LogP contribution in [-0.2, 0) is 28.5 Å². The Morgan fingerprint density at radius 3 is 2.19 bits per heavy atom. The highest BCUT2D eigenvalue weighted by Gasteiger charge is 2.72. The van der Waals surface area contributed by atoms with Crippen LogP contribution in [0, 0.1) is 34.0 Å². The third kappa shape index (κ3) is 5.00. The van der Waals surface area contributed by atoms with Gasteiger partial charge in [0, 0.05) is 49.5 Å². The molecule has 0 unspecified atom stereocenters. The second kappa shape index (κ2) is 12.4. The summed E-state index contributed by atoms with van der Waals surface area (Å²) < 4.78 is 24.5. The predicted molar refractivity (Wildman–Crippen MR) is 184 cm³/mol. The predicted octanol–water partition coefficient (Wildman–Crippen LogP) is 6.55. The van der Waals surface area contributed by atoms with E-state index in [2.05, 4.69) is 26.1 Å². The van der Waals surface area contributed by atoms with Crippen molar-refractivity contribution in [3.05, 3.63) is 77.4 Å². The summed E-state index contributed by atoms with van der Waals surface area (Å²) in [6, 6.07) is 18.9. The number of ketones is 1. The number of aliphatic hydroxyl groups is 1. The summed E-state index contributed by atoms with van der Waals surface area (Å²) in [5, 5.41) is 16.7. The van der Waals surface area contributed by atoms with Crippen LogP contribution in [-0.4, -0.2) is 67.7 Å². The largest absolute Gasteiger partial charge is 0.456 e. The Labute approximate surface area is 285 Å². The molecular formula is C40H53NO7. The van der Waals surface area contributed by atoms with Gasteiger partial charge in [0.15, 0.2) is 6.10 Å². The second-order valence-electron chi connectivity index (χ2n) is 15.7. The average molecular weight is 660 g/mol. The highest BCUT2D eigenvalue weighted by molar-refractivity contribution is 5.91. The first kappa shape index (κ1) is 34.8. The molecule has 11 atom stereocenters. The molecule has 0 spiro atoms. The van der Waals surface area contributed by atoms with Gasteiger partial charge >= 0.3 is 5.97 Å². The fourth-order valence-electron chi connectivity index (χ4n) is 10.7. The molecule has 2 bridgehead atoms. The molecule has 8 nitrogen and oxygen atoms in total. The lowest BCUT2D eigenvalue weighted by Gasteiger charge is -2.69. The summed E-state index contributed by atoms with van der Waals surface area (Å²) in [7, 11) is 3.19. The van der Waals surface area contributed by atoms with E-state index in [0.717, 1.165) is 22.4 Å². The van der Waals surface area contributed by atoms with Gasteiger partial charge in [0.1, 0.15) is 11.9 Å². The van der Waals surface area contributed by atoms with E-state index in [-0.39, 0.29) is 41.7 Å². The minimum atomic E-state index is -1.31. The lowest BCUT2D eigenvalue weighted by atomic mass is 9.40. The van der Waals surface area contributed by atoms with Crippen LogP contribution in [0.1, 0.15) is 72.9 Å². The smallest absolute Gasteiger partial charge is 0.338 e. The molecule has 260 valence electrons. The Balaban J connectivity index is 1.41. The lowest BCUT2D eigenvalue weighted by molar-refractivity contribution is -0.303. The minimum Gasteiger partial charge on any atom is -0.456 e. The Morgan fingerprint density at radius 2 is 1.62 bits per heavy atom. The maximum atomic E-state index is 15.0. The van der Waals surface area contributed by atoms with Crippen molar-refractivity contribution in [2.24, 2.45) is 34.0 Å². The lowest BCUT2D eigenvalue weighted by Crippen LogP contribution is -2.74. The van der Waals surface area contributed by atoms with Crippen LogP contribution in [0.3, 0.4) is 0 Å². The van der Waals surface area contributed by atoms with Crippen LogP contribution in [0.2, 0.25) is 0 Å². The molecule has 2 saturated carbocycles. The van der Waals surface area contributed by atoms with Crippen molar-refractivity contribution in [3.8, 4) is 0 Å². The maximum absolute atomic E-state index is 15.0. The molecule has 8 heteroatoms. The van der Waals surface area contributed by atoms with Crippen molar-refractivity contribution in [1.29, 1.82) is 0 Å². The normalized spacial score (nSPS) is 38.3. The molecule has 1 saturated heterocycles. The molecular weight excluding hydrogens is 606 g/mol. The molecule has 4 aliphatic rings. The van der Waals surface area contributed by atoms with Crippen LogP contribution in [0.25, 0.3) is 0 Å². The number of esters is 1. The average Bonchev–Trinajstić information content (AvgIpc) is 3.06. The Kier molecular flexibility index (Phi) is 8.98. The van der Waals surface area contributed by atoms with E-state index in [1.54, 1.807) is 7.11 Å². The summed E-state index contributed by atoms with van der Waals surface area (Å²) in [5.41, 5.74) is 0.145. The molecule has 2 N–H and O–H groups in total. The molecule has 6 rings (SSSR count). The van der Waals surface area contributed by atoms with Gasteiger partial charge < -0.3 is 29.4 Å². The number of carbonyl (C=O) groups excluding carboxylic acids is 2. The van der Waals surface area contributed by atoms with E-state index in [0.29, 0.717) is 13.0 Å². The first-order valence-corrected chi connectivity index (χ1v) is 17.4. The van der Waals surface area contributed by atoms with Gasteiger partial charge in [0.05, 0.1) is 35.9 Å². The van der Waals surface area contributed by atoms with Gasteiger partial charge in [-0.1, -0.05) is 83.1 Å². The van der Waals surface area contributed by atoms with E-state index in [1.807, 2.05) is 88.4 Å². The van der Waals surface area contributed by atoms with Crippen molar-refractivity contribution in [2.45, 2.75) is 97.4 Å². The molecule has 2 aromatic rings. The van der Waals surface area contributed by atoms with Gasteiger partial charge in [-0.2, -0.15) is 0 Å². The third-order valence-corrected chi connectivity index (χ3v) is 13.1. The van der Waals surface area contributed by atoms with Crippen molar-refractivity contribution < 1.29 is 33.6 Å². The number of hydrogen-bond acceptors (Lipinski definition) is 8. The zero-order valence-corrected chi connectivity index (χ0v) is 29.9. The first-order chi connectivity index (χ1) is 22.7. The van der Waals surface area contributed by atoms with E-state index in [4.69, 9.17) is 18.9 Å². The molecule has 48 heavy (non-hydrogen) atoms.